The van der Waals surface area contributed by atoms with Crippen LogP contribution in [0.1, 0.15) is 23.8 Å². The molecule has 0 saturated heterocycles. The van der Waals surface area contributed by atoms with Gasteiger partial charge in [0.1, 0.15) is 17.1 Å². The summed E-state index contributed by atoms with van der Waals surface area (Å²) in [5.41, 5.74) is 0.752. The van der Waals surface area contributed by atoms with E-state index < -0.39 is 0 Å². The van der Waals surface area contributed by atoms with Gasteiger partial charge in [0.15, 0.2) is 0 Å². The van der Waals surface area contributed by atoms with E-state index in [0.717, 1.165) is 0 Å². The van der Waals surface area contributed by atoms with Crippen LogP contribution in [0.2, 0.25) is 0 Å². The zero-order valence-corrected chi connectivity index (χ0v) is 13.0. The fourth-order valence-electron chi connectivity index (χ4n) is 1.77. The Morgan fingerprint density at radius 2 is 2.26 bits per heavy atom. The van der Waals surface area contributed by atoms with Gasteiger partial charge in [-0.05, 0) is 19.4 Å². The molecule has 0 bridgehead atoms. The first kappa shape index (κ1) is 16.4. The number of carbonyl (C=O) groups is 1. The van der Waals surface area contributed by atoms with E-state index in [0.29, 0.717) is 37.0 Å². The SMILES string of the molecule is C=CCCOc1ccncc1NC(=O)c1ccnc(NCC)n1. The third-order valence-electron chi connectivity index (χ3n) is 2.83. The van der Waals surface area contributed by atoms with E-state index in [-0.39, 0.29) is 11.6 Å². The van der Waals surface area contributed by atoms with Crippen molar-refractivity contribution < 1.29 is 9.53 Å². The number of carbonyl (C=O) groups excluding carboxylic acids is 1. The number of nitrogens with one attached hydrogen (secondary N) is 2. The van der Waals surface area contributed by atoms with Gasteiger partial charge >= 0.3 is 0 Å². The van der Waals surface area contributed by atoms with E-state index in [1.54, 1.807) is 24.4 Å². The lowest BCUT2D eigenvalue weighted by atomic mass is 10.3. The van der Waals surface area contributed by atoms with Crippen LogP contribution in [0.15, 0.2) is 43.4 Å². The number of pyridine rings is 1. The molecule has 7 heteroatoms. The molecule has 0 fully saturated rings. The molecule has 0 spiro atoms. The molecule has 2 heterocycles. The molecule has 0 atom stereocenters. The van der Waals surface area contributed by atoms with E-state index in [4.69, 9.17) is 4.74 Å². The molecular weight excluding hydrogens is 294 g/mol. The number of nitrogens with zero attached hydrogens (tertiary/aromatic N) is 3. The topological polar surface area (TPSA) is 89.0 Å². The van der Waals surface area contributed by atoms with E-state index in [9.17, 15) is 4.79 Å². The molecule has 23 heavy (non-hydrogen) atoms. The maximum absolute atomic E-state index is 12.3. The summed E-state index contributed by atoms with van der Waals surface area (Å²) >= 11 is 0. The molecule has 7 nitrogen and oxygen atoms in total. The Morgan fingerprint density at radius 1 is 1.39 bits per heavy atom. The molecule has 2 aromatic heterocycles. The minimum absolute atomic E-state index is 0.261. The van der Waals surface area contributed by atoms with Crippen LogP contribution in [-0.4, -0.2) is 34.0 Å². The van der Waals surface area contributed by atoms with E-state index >= 15 is 0 Å². The van der Waals surface area contributed by atoms with Gasteiger partial charge in [0.2, 0.25) is 5.95 Å². The predicted molar refractivity (Wildman–Crippen MR) is 88.7 cm³/mol. The Morgan fingerprint density at radius 3 is 3.04 bits per heavy atom. The van der Waals surface area contributed by atoms with Gasteiger partial charge in [-0.3, -0.25) is 9.78 Å². The number of aromatic nitrogens is 3. The average molecular weight is 313 g/mol. The molecule has 0 saturated carbocycles. The second-order valence-corrected chi connectivity index (χ2v) is 4.55. The van der Waals surface area contributed by atoms with Gasteiger partial charge in [0.05, 0.1) is 12.8 Å². The smallest absolute Gasteiger partial charge is 0.274 e. The third kappa shape index (κ3) is 4.77. The highest BCUT2D eigenvalue weighted by atomic mass is 16.5. The van der Waals surface area contributed by atoms with Crippen LogP contribution in [0.3, 0.4) is 0 Å². The van der Waals surface area contributed by atoms with Crippen molar-refractivity contribution in [1.82, 2.24) is 15.0 Å². The number of ether oxygens (including phenoxy) is 1. The Hall–Kier alpha value is -2.96. The van der Waals surface area contributed by atoms with Crippen molar-refractivity contribution in [1.29, 1.82) is 0 Å². The largest absolute Gasteiger partial charge is 0.491 e. The van der Waals surface area contributed by atoms with Crippen LogP contribution in [0, 0.1) is 0 Å². The van der Waals surface area contributed by atoms with Gasteiger partial charge in [-0.15, -0.1) is 6.58 Å². The first-order valence-electron chi connectivity index (χ1n) is 7.30. The molecule has 0 unspecified atom stereocenters. The highest BCUT2D eigenvalue weighted by Crippen LogP contribution is 2.23. The minimum Gasteiger partial charge on any atom is -0.491 e. The summed E-state index contributed by atoms with van der Waals surface area (Å²) in [6.07, 6.45) is 7.15. The van der Waals surface area contributed by atoms with Crippen molar-refractivity contribution in [3.05, 3.63) is 49.1 Å². The quantitative estimate of drug-likeness (QED) is 0.575. The van der Waals surface area contributed by atoms with Gasteiger partial charge < -0.3 is 15.4 Å². The number of amides is 1. The fourth-order valence-corrected chi connectivity index (χ4v) is 1.77. The molecule has 0 aliphatic carbocycles. The average Bonchev–Trinajstić information content (AvgIpc) is 2.57. The van der Waals surface area contributed by atoms with Gasteiger partial charge in [-0.25, -0.2) is 9.97 Å². The number of rotatable bonds is 8. The van der Waals surface area contributed by atoms with Crippen molar-refractivity contribution in [2.75, 3.05) is 23.8 Å². The summed E-state index contributed by atoms with van der Waals surface area (Å²) in [6, 6.07) is 3.24. The maximum Gasteiger partial charge on any atom is 0.274 e. The molecule has 120 valence electrons. The van der Waals surface area contributed by atoms with E-state index in [1.165, 1.54) is 12.4 Å². The summed E-state index contributed by atoms with van der Waals surface area (Å²) in [5.74, 6) is 0.609. The zero-order chi connectivity index (χ0) is 16.5. The van der Waals surface area contributed by atoms with Crippen molar-refractivity contribution >= 4 is 17.5 Å². The van der Waals surface area contributed by atoms with E-state index in [2.05, 4.69) is 32.2 Å². The lowest BCUT2D eigenvalue weighted by Gasteiger charge is -2.11. The summed E-state index contributed by atoms with van der Waals surface area (Å²) < 4.78 is 5.61. The highest BCUT2D eigenvalue weighted by molar-refractivity contribution is 6.03. The second kappa shape index (κ2) is 8.47. The Kier molecular flexibility index (Phi) is 6.05. The maximum atomic E-state index is 12.3. The molecule has 1 amide bonds. The molecule has 2 aromatic rings. The van der Waals surface area contributed by atoms with Crippen LogP contribution in [0.5, 0.6) is 5.75 Å². The van der Waals surface area contributed by atoms with Crippen LogP contribution in [0.25, 0.3) is 0 Å². The Bertz CT molecular complexity index is 675. The van der Waals surface area contributed by atoms with Crippen molar-refractivity contribution in [3.8, 4) is 5.75 Å². The van der Waals surface area contributed by atoms with E-state index in [1.807, 2.05) is 6.92 Å². The molecule has 0 radical (unpaired) electrons. The number of hydrogen-bond donors (Lipinski definition) is 2. The molecule has 2 rings (SSSR count). The fraction of sp³-hybridized carbons (Fsp3) is 0.250. The molecule has 2 N–H and O–H groups in total. The zero-order valence-electron chi connectivity index (χ0n) is 13.0. The van der Waals surface area contributed by atoms with Crippen molar-refractivity contribution in [3.63, 3.8) is 0 Å². The monoisotopic (exact) mass is 313 g/mol. The van der Waals surface area contributed by atoms with Crippen LogP contribution in [0.4, 0.5) is 11.6 Å². The first-order valence-corrected chi connectivity index (χ1v) is 7.30. The summed E-state index contributed by atoms with van der Waals surface area (Å²) in [4.78, 5) is 24.5. The lowest BCUT2D eigenvalue weighted by molar-refractivity contribution is 0.102. The Labute approximate surface area is 134 Å². The third-order valence-corrected chi connectivity index (χ3v) is 2.83. The van der Waals surface area contributed by atoms with Crippen LogP contribution >= 0.6 is 0 Å². The second-order valence-electron chi connectivity index (χ2n) is 4.55. The van der Waals surface area contributed by atoms with Crippen LogP contribution in [-0.2, 0) is 0 Å². The van der Waals surface area contributed by atoms with Gasteiger partial charge in [-0.2, -0.15) is 0 Å². The van der Waals surface area contributed by atoms with Gasteiger partial charge in [0, 0.05) is 25.0 Å². The highest BCUT2D eigenvalue weighted by Gasteiger charge is 2.12. The Balaban J connectivity index is 2.10. The first-order chi connectivity index (χ1) is 11.2. The van der Waals surface area contributed by atoms with Gasteiger partial charge in [0.25, 0.3) is 5.91 Å². The molecule has 0 aliphatic rings. The van der Waals surface area contributed by atoms with Gasteiger partial charge in [-0.1, -0.05) is 6.08 Å². The van der Waals surface area contributed by atoms with Crippen molar-refractivity contribution in [2.24, 2.45) is 0 Å². The normalized spacial score (nSPS) is 9.96. The molecule has 0 aliphatic heterocycles. The minimum atomic E-state index is -0.354. The number of hydrogen-bond acceptors (Lipinski definition) is 6. The molecular formula is C16H19N5O2. The number of anilines is 2. The summed E-state index contributed by atoms with van der Waals surface area (Å²) in [7, 11) is 0. The van der Waals surface area contributed by atoms with Crippen LogP contribution < -0.4 is 15.4 Å². The molecule has 0 aromatic carbocycles. The summed E-state index contributed by atoms with van der Waals surface area (Å²) in [5, 5.41) is 5.72. The summed E-state index contributed by atoms with van der Waals surface area (Å²) in [6.45, 7) is 6.73. The predicted octanol–water partition coefficient (Wildman–Crippen LogP) is 2.51. The van der Waals surface area contributed by atoms with Crippen molar-refractivity contribution in [2.45, 2.75) is 13.3 Å². The standard InChI is InChI=1S/C16H19N5O2/c1-3-5-10-23-14-7-8-17-11-13(14)20-15(22)12-6-9-19-16(21-12)18-4-2/h3,6-9,11H,1,4-5,10H2,2H3,(H,20,22)(H,18,19,21). The lowest BCUT2D eigenvalue weighted by Crippen LogP contribution is -2.16.